The molecule has 1 aromatic heterocycles. The highest BCUT2D eigenvalue weighted by Crippen LogP contribution is 2.36. The van der Waals surface area contributed by atoms with Gasteiger partial charge in [0.2, 0.25) is 5.91 Å². The number of hydrogen-bond donors (Lipinski definition) is 0. The van der Waals surface area contributed by atoms with E-state index in [4.69, 9.17) is 4.74 Å². The van der Waals surface area contributed by atoms with Crippen LogP contribution in [0.15, 0.2) is 24.4 Å². The Bertz CT molecular complexity index is 441. The predicted molar refractivity (Wildman–Crippen MR) is 71.4 cm³/mol. The Hall–Kier alpha value is -1.42. The van der Waals surface area contributed by atoms with Gasteiger partial charge in [-0.1, -0.05) is 6.07 Å². The first-order valence-corrected chi connectivity index (χ1v) is 7.09. The van der Waals surface area contributed by atoms with Crippen LogP contribution in [-0.4, -0.2) is 34.5 Å². The minimum atomic E-state index is -0.0193. The fourth-order valence-corrected chi connectivity index (χ4v) is 3.09. The number of carbonyl (C=O) groups excluding carboxylic acids is 1. The van der Waals surface area contributed by atoms with Crippen molar-refractivity contribution in [3.05, 3.63) is 30.1 Å². The molecule has 19 heavy (non-hydrogen) atoms. The number of rotatable bonds is 2. The molecule has 2 fully saturated rings. The third-order valence-electron chi connectivity index (χ3n) is 4.25. The Kier molecular flexibility index (Phi) is 3.51. The molecular weight excluding hydrogens is 240 g/mol. The van der Waals surface area contributed by atoms with E-state index in [1.807, 2.05) is 23.1 Å². The Labute approximate surface area is 113 Å². The third-order valence-corrected chi connectivity index (χ3v) is 4.25. The molecule has 0 bridgehead atoms. The highest BCUT2D eigenvalue weighted by molar-refractivity contribution is 5.76. The van der Waals surface area contributed by atoms with Crippen LogP contribution >= 0.6 is 0 Å². The molecule has 2 aliphatic heterocycles. The number of carbonyl (C=O) groups is 1. The molecule has 1 aromatic rings. The monoisotopic (exact) mass is 260 g/mol. The summed E-state index contributed by atoms with van der Waals surface area (Å²) in [5, 5.41) is 0. The number of hydrogen-bond acceptors (Lipinski definition) is 3. The zero-order valence-electron chi connectivity index (χ0n) is 11.2. The molecule has 102 valence electrons. The zero-order chi connectivity index (χ0) is 13.1. The summed E-state index contributed by atoms with van der Waals surface area (Å²) in [6.07, 6.45) is 6.47. The van der Waals surface area contributed by atoms with Crippen molar-refractivity contribution >= 4 is 5.91 Å². The maximum Gasteiger partial charge on any atom is 0.223 e. The van der Waals surface area contributed by atoms with E-state index < -0.39 is 0 Å². The number of aromatic nitrogens is 1. The number of amides is 1. The van der Waals surface area contributed by atoms with Gasteiger partial charge in [-0.25, -0.2) is 0 Å². The Morgan fingerprint density at radius 3 is 3.00 bits per heavy atom. The van der Waals surface area contributed by atoms with Crippen LogP contribution in [0.1, 0.15) is 37.8 Å². The van der Waals surface area contributed by atoms with Gasteiger partial charge in [-0.15, -0.1) is 0 Å². The van der Waals surface area contributed by atoms with E-state index in [-0.39, 0.29) is 11.5 Å². The van der Waals surface area contributed by atoms with Gasteiger partial charge in [0.15, 0.2) is 0 Å². The standard InChI is InChI=1S/C15H20N2O2/c18-14-5-7-15(6-3-11-19-15)8-10-17(14)12-13-4-1-2-9-16-13/h1-2,4,9H,3,5-8,10-12H2/t15-/m0/s1. The molecule has 4 heteroatoms. The van der Waals surface area contributed by atoms with Crippen LogP contribution in [0.25, 0.3) is 0 Å². The van der Waals surface area contributed by atoms with E-state index >= 15 is 0 Å². The summed E-state index contributed by atoms with van der Waals surface area (Å²) < 4.78 is 5.91. The Morgan fingerprint density at radius 2 is 2.26 bits per heavy atom. The number of likely N-dealkylation sites (tertiary alicyclic amines) is 1. The van der Waals surface area contributed by atoms with Crippen LogP contribution < -0.4 is 0 Å². The molecule has 4 nitrogen and oxygen atoms in total. The summed E-state index contributed by atoms with van der Waals surface area (Å²) >= 11 is 0. The lowest BCUT2D eigenvalue weighted by molar-refractivity contribution is -0.131. The van der Waals surface area contributed by atoms with Crippen molar-refractivity contribution in [2.24, 2.45) is 0 Å². The van der Waals surface area contributed by atoms with Gasteiger partial charge < -0.3 is 9.64 Å². The van der Waals surface area contributed by atoms with Crippen molar-refractivity contribution in [3.8, 4) is 0 Å². The van der Waals surface area contributed by atoms with Gasteiger partial charge >= 0.3 is 0 Å². The van der Waals surface area contributed by atoms with Crippen LogP contribution in [0.4, 0.5) is 0 Å². The molecule has 0 radical (unpaired) electrons. The van der Waals surface area contributed by atoms with Gasteiger partial charge in [-0.3, -0.25) is 9.78 Å². The molecule has 2 saturated heterocycles. The number of nitrogens with zero attached hydrogens (tertiary/aromatic N) is 2. The highest BCUT2D eigenvalue weighted by atomic mass is 16.5. The summed E-state index contributed by atoms with van der Waals surface area (Å²) in [6.45, 7) is 2.26. The molecule has 3 heterocycles. The molecule has 3 rings (SSSR count). The molecule has 0 aliphatic carbocycles. The van der Waals surface area contributed by atoms with Crippen molar-refractivity contribution in [2.45, 2.75) is 44.2 Å². The number of pyridine rings is 1. The van der Waals surface area contributed by atoms with Crippen molar-refractivity contribution < 1.29 is 9.53 Å². The van der Waals surface area contributed by atoms with Crippen molar-refractivity contribution in [3.63, 3.8) is 0 Å². The molecule has 1 amide bonds. The Morgan fingerprint density at radius 1 is 1.32 bits per heavy atom. The molecule has 0 N–H and O–H groups in total. The second-order valence-corrected chi connectivity index (χ2v) is 5.52. The summed E-state index contributed by atoms with van der Waals surface area (Å²) in [4.78, 5) is 18.4. The fraction of sp³-hybridized carbons (Fsp3) is 0.600. The largest absolute Gasteiger partial charge is 0.375 e. The van der Waals surface area contributed by atoms with Gasteiger partial charge in [-0.05, 0) is 37.8 Å². The minimum Gasteiger partial charge on any atom is -0.375 e. The smallest absolute Gasteiger partial charge is 0.223 e. The van der Waals surface area contributed by atoms with Crippen LogP contribution in [0.2, 0.25) is 0 Å². The van der Waals surface area contributed by atoms with E-state index in [0.29, 0.717) is 13.0 Å². The van der Waals surface area contributed by atoms with Crippen LogP contribution in [0.5, 0.6) is 0 Å². The first kappa shape index (κ1) is 12.6. The second-order valence-electron chi connectivity index (χ2n) is 5.52. The summed E-state index contributed by atoms with van der Waals surface area (Å²) in [7, 11) is 0. The maximum absolute atomic E-state index is 12.2. The van der Waals surface area contributed by atoms with Gasteiger partial charge in [0, 0.05) is 25.8 Å². The molecule has 0 aromatic carbocycles. The molecule has 1 atom stereocenters. The summed E-state index contributed by atoms with van der Waals surface area (Å²) in [6, 6.07) is 5.83. The van der Waals surface area contributed by atoms with Gasteiger partial charge in [-0.2, -0.15) is 0 Å². The van der Waals surface area contributed by atoms with Crippen LogP contribution in [0, 0.1) is 0 Å². The van der Waals surface area contributed by atoms with Crippen molar-refractivity contribution in [1.82, 2.24) is 9.88 Å². The molecule has 1 spiro atoms. The van der Waals surface area contributed by atoms with Gasteiger partial charge in [0.25, 0.3) is 0 Å². The molecule has 0 unspecified atom stereocenters. The summed E-state index contributed by atoms with van der Waals surface area (Å²) in [5.74, 6) is 0.234. The number of ether oxygens (including phenoxy) is 1. The first-order chi connectivity index (χ1) is 9.27. The normalized spacial score (nSPS) is 27.8. The van der Waals surface area contributed by atoms with E-state index in [2.05, 4.69) is 4.98 Å². The van der Waals surface area contributed by atoms with Crippen LogP contribution in [-0.2, 0) is 16.1 Å². The minimum absolute atomic E-state index is 0.0193. The topological polar surface area (TPSA) is 42.4 Å². The van der Waals surface area contributed by atoms with Gasteiger partial charge in [0.1, 0.15) is 0 Å². The maximum atomic E-state index is 12.2. The quantitative estimate of drug-likeness (QED) is 0.818. The highest BCUT2D eigenvalue weighted by Gasteiger charge is 2.38. The van der Waals surface area contributed by atoms with E-state index in [0.717, 1.165) is 44.5 Å². The zero-order valence-corrected chi connectivity index (χ0v) is 11.2. The van der Waals surface area contributed by atoms with Crippen molar-refractivity contribution in [2.75, 3.05) is 13.2 Å². The lowest BCUT2D eigenvalue weighted by atomic mass is 9.92. The fourth-order valence-electron chi connectivity index (χ4n) is 3.09. The lowest BCUT2D eigenvalue weighted by Crippen LogP contribution is -2.32. The molecular formula is C15H20N2O2. The summed E-state index contributed by atoms with van der Waals surface area (Å²) in [5.41, 5.74) is 0.938. The lowest BCUT2D eigenvalue weighted by Gasteiger charge is -2.26. The van der Waals surface area contributed by atoms with E-state index in [1.54, 1.807) is 6.20 Å². The van der Waals surface area contributed by atoms with E-state index in [9.17, 15) is 4.79 Å². The molecule has 2 aliphatic rings. The second kappa shape index (κ2) is 5.29. The first-order valence-electron chi connectivity index (χ1n) is 7.09. The Balaban J connectivity index is 1.67. The average molecular weight is 260 g/mol. The van der Waals surface area contributed by atoms with Crippen LogP contribution in [0.3, 0.4) is 0 Å². The van der Waals surface area contributed by atoms with Crippen molar-refractivity contribution in [1.29, 1.82) is 0 Å². The van der Waals surface area contributed by atoms with Gasteiger partial charge in [0.05, 0.1) is 17.8 Å². The average Bonchev–Trinajstić information content (AvgIpc) is 2.85. The van der Waals surface area contributed by atoms with E-state index in [1.165, 1.54) is 0 Å². The predicted octanol–water partition coefficient (Wildman–Crippen LogP) is 2.14. The third kappa shape index (κ3) is 2.78. The molecule has 0 saturated carbocycles. The SMILES string of the molecule is O=C1CC[C@@]2(CCCO2)CCN1Cc1ccccn1.